The van der Waals surface area contributed by atoms with Crippen LogP contribution in [0.25, 0.3) is 22.2 Å². The highest BCUT2D eigenvalue weighted by molar-refractivity contribution is 6.33. The molecule has 3 heterocycles. The van der Waals surface area contributed by atoms with E-state index in [0.29, 0.717) is 17.4 Å². The maximum Gasteiger partial charge on any atom is 0.164 e. The minimum absolute atomic E-state index is 0.191. The van der Waals surface area contributed by atoms with Crippen LogP contribution in [0.2, 0.25) is 5.02 Å². The van der Waals surface area contributed by atoms with Crippen LogP contribution in [0.4, 0.5) is 5.69 Å². The van der Waals surface area contributed by atoms with E-state index in [9.17, 15) is 4.79 Å². The van der Waals surface area contributed by atoms with Gasteiger partial charge in [-0.15, -0.1) is 0 Å². The van der Waals surface area contributed by atoms with Gasteiger partial charge in [0.25, 0.3) is 0 Å². The first kappa shape index (κ1) is 26.0. The molecule has 8 heteroatoms. The number of ketones is 1. The monoisotopic (exact) mass is 546 g/mol. The lowest BCUT2D eigenvalue weighted by atomic mass is 10.0. The van der Waals surface area contributed by atoms with Gasteiger partial charge in [0.05, 0.1) is 23.2 Å². The van der Waals surface area contributed by atoms with E-state index in [1.54, 1.807) is 7.11 Å². The summed E-state index contributed by atoms with van der Waals surface area (Å²) in [7, 11) is 3.68. The Bertz CT molecular complexity index is 1510. The first-order valence-corrected chi connectivity index (χ1v) is 14.3. The third kappa shape index (κ3) is 4.94. The SMILES string of the molecule is CCC(=O)c1cn(C)c2cc(N3CCN(CCc4c(-c5c(Cl)cccc5OC)noc4C4CC4)CC3)ccc12. The van der Waals surface area contributed by atoms with Crippen molar-refractivity contribution in [3.63, 3.8) is 0 Å². The lowest BCUT2D eigenvalue weighted by Crippen LogP contribution is -2.47. The molecular weight excluding hydrogens is 512 g/mol. The Balaban J connectivity index is 1.15. The average molecular weight is 547 g/mol. The van der Waals surface area contributed by atoms with Crippen LogP contribution in [0.15, 0.2) is 47.1 Å². The zero-order chi connectivity index (χ0) is 27.1. The largest absolute Gasteiger partial charge is 0.496 e. The summed E-state index contributed by atoms with van der Waals surface area (Å²) < 4.78 is 13.6. The average Bonchev–Trinajstić information content (AvgIpc) is 3.64. The highest BCUT2D eigenvalue weighted by Gasteiger charge is 2.34. The van der Waals surface area contributed by atoms with Gasteiger partial charge in [-0.2, -0.15) is 0 Å². The standard InChI is InChI=1S/C31H35ClN4O3/c1-4-27(37)24-19-34(2)26-18-21(10-11-22(24)26)36-16-14-35(15-17-36)13-12-23-30(33-39-31(23)20-8-9-20)29-25(32)6-5-7-28(29)38-3/h5-7,10-11,18-20H,4,8-9,12-17H2,1-3H3. The number of aryl methyl sites for hydroxylation is 1. The third-order valence-electron chi connectivity index (χ3n) is 8.21. The van der Waals surface area contributed by atoms with E-state index in [1.165, 1.54) is 5.69 Å². The Morgan fingerprint density at radius 1 is 1.15 bits per heavy atom. The van der Waals surface area contributed by atoms with Crippen LogP contribution in [0.1, 0.15) is 53.8 Å². The number of hydrogen-bond donors (Lipinski definition) is 0. The molecule has 1 saturated carbocycles. The highest BCUT2D eigenvalue weighted by atomic mass is 35.5. The number of rotatable bonds is 9. The molecule has 6 rings (SSSR count). The van der Waals surface area contributed by atoms with Crippen molar-refractivity contribution in [3.05, 3.63) is 64.5 Å². The number of fused-ring (bicyclic) bond motifs is 1. The molecule has 0 spiro atoms. The van der Waals surface area contributed by atoms with E-state index in [1.807, 2.05) is 38.4 Å². The van der Waals surface area contributed by atoms with Crippen molar-refractivity contribution >= 4 is 34.0 Å². The summed E-state index contributed by atoms with van der Waals surface area (Å²) in [4.78, 5) is 17.3. The molecule has 0 N–H and O–H groups in total. The predicted octanol–water partition coefficient (Wildman–Crippen LogP) is 6.33. The molecule has 1 saturated heterocycles. The number of halogens is 1. The van der Waals surface area contributed by atoms with Crippen molar-refractivity contribution in [3.8, 4) is 17.0 Å². The molecule has 2 aliphatic rings. The lowest BCUT2D eigenvalue weighted by molar-refractivity contribution is 0.0989. The number of anilines is 1. The summed E-state index contributed by atoms with van der Waals surface area (Å²) in [5, 5.41) is 6.16. The molecule has 4 aromatic rings. The zero-order valence-electron chi connectivity index (χ0n) is 22.9. The van der Waals surface area contributed by atoms with Crippen LogP contribution in [-0.2, 0) is 13.5 Å². The first-order valence-electron chi connectivity index (χ1n) is 13.9. The fraction of sp³-hybridized carbons (Fsp3) is 0.419. The second-order valence-corrected chi connectivity index (χ2v) is 11.1. The van der Waals surface area contributed by atoms with Gasteiger partial charge >= 0.3 is 0 Å². The van der Waals surface area contributed by atoms with E-state index in [0.717, 1.165) is 96.8 Å². The molecular formula is C31H35ClN4O3. The van der Waals surface area contributed by atoms with Crippen LogP contribution in [0.5, 0.6) is 5.75 Å². The second-order valence-electron chi connectivity index (χ2n) is 10.7. The minimum atomic E-state index is 0.191. The van der Waals surface area contributed by atoms with Crippen LogP contribution in [-0.4, -0.2) is 60.2 Å². The maximum absolute atomic E-state index is 12.4. The summed E-state index contributed by atoms with van der Waals surface area (Å²) in [5.74, 6) is 2.39. The normalized spacial score (nSPS) is 16.3. The Morgan fingerprint density at radius 2 is 1.95 bits per heavy atom. The second kappa shape index (κ2) is 10.7. The van der Waals surface area contributed by atoms with Crippen molar-refractivity contribution in [1.29, 1.82) is 0 Å². The van der Waals surface area contributed by atoms with E-state index >= 15 is 0 Å². The zero-order valence-corrected chi connectivity index (χ0v) is 23.6. The Labute approximate surface area is 234 Å². The molecule has 1 aliphatic heterocycles. The minimum Gasteiger partial charge on any atom is -0.496 e. The summed E-state index contributed by atoms with van der Waals surface area (Å²) >= 11 is 6.62. The van der Waals surface area contributed by atoms with Crippen LogP contribution in [0, 0.1) is 0 Å². The van der Waals surface area contributed by atoms with Gasteiger partial charge in [-0.1, -0.05) is 35.8 Å². The van der Waals surface area contributed by atoms with Gasteiger partial charge in [0.15, 0.2) is 5.78 Å². The molecule has 2 aromatic carbocycles. The van der Waals surface area contributed by atoms with Crippen LogP contribution in [0.3, 0.4) is 0 Å². The van der Waals surface area contributed by atoms with E-state index in [4.69, 9.17) is 20.9 Å². The number of benzene rings is 2. The molecule has 2 aromatic heterocycles. The molecule has 2 fully saturated rings. The fourth-order valence-electron chi connectivity index (χ4n) is 5.81. The van der Waals surface area contributed by atoms with Crippen molar-refractivity contribution in [2.24, 2.45) is 7.05 Å². The Kier molecular flexibility index (Phi) is 7.12. The molecule has 0 radical (unpaired) electrons. The number of carbonyl (C=O) groups excluding carboxylic acids is 1. The molecule has 0 amide bonds. The smallest absolute Gasteiger partial charge is 0.164 e. The van der Waals surface area contributed by atoms with Crippen molar-refractivity contribution in [1.82, 2.24) is 14.6 Å². The fourth-order valence-corrected chi connectivity index (χ4v) is 6.07. The number of aromatic nitrogens is 2. The first-order chi connectivity index (χ1) is 19.0. The summed E-state index contributed by atoms with van der Waals surface area (Å²) in [6, 6.07) is 12.2. The van der Waals surface area contributed by atoms with Crippen molar-refractivity contribution in [2.75, 3.05) is 44.7 Å². The van der Waals surface area contributed by atoms with Crippen LogP contribution < -0.4 is 9.64 Å². The molecule has 0 atom stereocenters. The van der Waals surface area contributed by atoms with E-state index in [-0.39, 0.29) is 5.78 Å². The van der Waals surface area contributed by atoms with Gasteiger partial charge in [-0.3, -0.25) is 9.69 Å². The summed E-state index contributed by atoms with van der Waals surface area (Å²) in [6.07, 6.45) is 5.65. The summed E-state index contributed by atoms with van der Waals surface area (Å²) in [6.45, 7) is 6.74. The number of carbonyl (C=O) groups is 1. The van der Waals surface area contributed by atoms with Gasteiger partial charge in [-0.25, -0.2) is 0 Å². The maximum atomic E-state index is 12.4. The van der Waals surface area contributed by atoms with Gasteiger partial charge in [0.1, 0.15) is 17.2 Å². The number of piperazine rings is 1. The predicted molar refractivity (Wildman–Crippen MR) is 155 cm³/mol. The van der Waals surface area contributed by atoms with E-state index in [2.05, 4.69) is 37.7 Å². The molecule has 7 nitrogen and oxygen atoms in total. The number of nitrogens with zero attached hydrogens (tertiary/aromatic N) is 4. The number of Topliss-reactive ketones (excluding diaryl/α,β-unsaturated/α-hetero) is 1. The van der Waals surface area contributed by atoms with Gasteiger partial charge in [-0.05, 0) is 43.5 Å². The molecule has 39 heavy (non-hydrogen) atoms. The quantitative estimate of drug-likeness (QED) is 0.229. The topological polar surface area (TPSA) is 63.7 Å². The molecule has 204 valence electrons. The number of methoxy groups -OCH3 is 1. The van der Waals surface area contributed by atoms with Crippen molar-refractivity contribution in [2.45, 2.75) is 38.5 Å². The number of hydrogen-bond acceptors (Lipinski definition) is 6. The Morgan fingerprint density at radius 3 is 2.67 bits per heavy atom. The van der Waals surface area contributed by atoms with Gasteiger partial charge in [0.2, 0.25) is 0 Å². The van der Waals surface area contributed by atoms with E-state index < -0.39 is 0 Å². The number of ether oxygens (including phenoxy) is 1. The van der Waals surface area contributed by atoms with Gasteiger partial charge < -0.3 is 18.7 Å². The third-order valence-corrected chi connectivity index (χ3v) is 8.52. The van der Waals surface area contributed by atoms with Crippen molar-refractivity contribution < 1.29 is 14.1 Å². The molecule has 1 aliphatic carbocycles. The molecule has 0 unspecified atom stereocenters. The lowest BCUT2D eigenvalue weighted by Gasteiger charge is -2.36. The summed E-state index contributed by atoms with van der Waals surface area (Å²) in [5.41, 5.74) is 5.93. The van der Waals surface area contributed by atoms with Crippen LogP contribution >= 0.6 is 11.6 Å². The molecule has 0 bridgehead atoms. The Hall–Kier alpha value is -3.29. The highest BCUT2D eigenvalue weighted by Crippen LogP contribution is 2.46. The van der Waals surface area contributed by atoms with Gasteiger partial charge in [0, 0.05) is 80.5 Å².